The highest BCUT2D eigenvalue weighted by Crippen LogP contribution is 2.70. The van der Waals surface area contributed by atoms with Gasteiger partial charge in [-0.3, -0.25) is 0 Å². The van der Waals surface area contributed by atoms with Gasteiger partial charge in [-0.05, 0) is 91.8 Å². The normalized spacial score (nSPS) is 56.7. The molecule has 0 radical (unpaired) electrons. The molecule has 6 aliphatic heterocycles. The van der Waals surface area contributed by atoms with Gasteiger partial charge >= 0.3 is 0 Å². The highest BCUT2D eigenvalue weighted by Gasteiger charge is 2.69. The van der Waals surface area contributed by atoms with Crippen molar-refractivity contribution in [1.29, 1.82) is 0 Å². The molecule has 10 aliphatic rings. The van der Waals surface area contributed by atoms with Gasteiger partial charge in [-0.15, -0.1) is 0 Å². The van der Waals surface area contributed by atoms with E-state index in [0.717, 1.165) is 51.6 Å². The van der Waals surface area contributed by atoms with Crippen molar-refractivity contribution < 1.29 is 109 Å². The summed E-state index contributed by atoms with van der Waals surface area (Å²) in [5.41, 5.74) is 1.44. The van der Waals surface area contributed by atoms with E-state index in [4.69, 9.17) is 47.4 Å². The minimum absolute atomic E-state index is 0.0473. The van der Waals surface area contributed by atoms with E-state index in [1.54, 1.807) is 0 Å². The predicted molar refractivity (Wildman–Crippen MR) is 242 cm³/mol. The van der Waals surface area contributed by atoms with Crippen LogP contribution in [0, 0.1) is 46.3 Å². The number of aliphatic hydroxyl groups excluding tert-OH is 12. The molecular weight excluding hydrogens is 953 g/mol. The summed E-state index contributed by atoms with van der Waals surface area (Å²) in [5, 5.41) is 129. The molecule has 22 heteroatoms. The van der Waals surface area contributed by atoms with Crippen LogP contribution in [0.5, 0.6) is 0 Å². The second-order valence-corrected chi connectivity index (χ2v) is 23.5. The predicted octanol–water partition coefficient (Wildman–Crippen LogP) is -2.35. The van der Waals surface area contributed by atoms with Crippen molar-refractivity contribution in [2.45, 2.75) is 220 Å². The monoisotopic (exact) mass is 1030 g/mol. The molecule has 0 bridgehead atoms. The Labute approximate surface area is 419 Å². The SMILES string of the molecule is CC1CCC2(OC1)OC1CC3C4CC=C5C[C@@H](O[C@@H]6O[C@H](CO)[C@H](O[C@@H]7O[C@H](CO)[C@@H](O)[C@H](O[C@@H]8OC[C@@H](O)[C@H](O)[C@H]8O)[C@H]7O[C@@H]7O[C@H](CO)[C@@H](O)[C@H](O)[C@H]7O)[C@H](O)[C@H]6O)CC[C@]5(C)C4CC[C@]3(C)C1C2C. The molecule has 3 saturated carbocycles. The highest BCUT2D eigenvalue weighted by atomic mass is 16.8. The smallest absolute Gasteiger partial charge is 0.187 e. The maximum absolute atomic E-state index is 11.8. The largest absolute Gasteiger partial charge is 0.394 e. The van der Waals surface area contributed by atoms with Crippen molar-refractivity contribution in [3.63, 3.8) is 0 Å². The van der Waals surface area contributed by atoms with E-state index in [2.05, 4.69) is 33.8 Å². The van der Waals surface area contributed by atoms with Gasteiger partial charge in [0.05, 0.1) is 45.2 Å². The molecule has 4 aliphatic carbocycles. The van der Waals surface area contributed by atoms with Crippen LogP contribution < -0.4 is 0 Å². The van der Waals surface area contributed by atoms with Gasteiger partial charge in [0.1, 0.15) is 91.6 Å². The molecule has 0 aromatic heterocycles. The van der Waals surface area contributed by atoms with Gasteiger partial charge in [0.15, 0.2) is 30.9 Å². The van der Waals surface area contributed by atoms with E-state index in [9.17, 15) is 61.3 Å². The van der Waals surface area contributed by atoms with Crippen LogP contribution in [0.4, 0.5) is 0 Å². The molecule has 0 aromatic rings. The van der Waals surface area contributed by atoms with Crippen LogP contribution in [-0.2, 0) is 47.4 Å². The molecule has 30 atom stereocenters. The van der Waals surface area contributed by atoms with Gasteiger partial charge in [0.2, 0.25) is 0 Å². The fourth-order valence-corrected chi connectivity index (χ4v) is 15.3. The first-order chi connectivity index (χ1) is 34.3. The summed E-state index contributed by atoms with van der Waals surface area (Å²) in [6, 6.07) is 0. The van der Waals surface area contributed by atoms with Crippen molar-refractivity contribution in [1.82, 2.24) is 0 Å². The minimum Gasteiger partial charge on any atom is -0.394 e. The molecule has 12 N–H and O–H groups in total. The minimum atomic E-state index is -2.00. The van der Waals surface area contributed by atoms with Crippen molar-refractivity contribution in [2.75, 3.05) is 33.0 Å². The van der Waals surface area contributed by atoms with Gasteiger partial charge in [0, 0.05) is 12.3 Å². The third-order valence-electron chi connectivity index (χ3n) is 19.4. The number of rotatable bonds is 11. The van der Waals surface area contributed by atoms with Gasteiger partial charge in [0.25, 0.3) is 0 Å². The zero-order valence-electron chi connectivity index (χ0n) is 41.5. The molecule has 10 rings (SSSR count). The number of ether oxygens (including phenoxy) is 10. The summed E-state index contributed by atoms with van der Waals surface area (Å²) >= 11 is 0. The summed E-state index contributed by atoms with van der Waals surface area (Å²) in [5.74, 6) is 2.46. The van der Waals surface area contributed by atoms with Crippen molar-refractivity contribution in [3.05, 3.63) is 11.6 Å². The Morgan fingerprint density at radius 3 is 1.94 bits per heavy atom. The fourth-order valence-electron chi connectivity index (χ4n) is 15.3. The molecule has 0 aromatic carbocycles. The molecule has 72 heavy (non-hydrogen) atoms. The average molecular weight is 1030 g/mol. The lowest BCUT2D eigenvalue weighted by Crippen LogP contribution is -2.68. The van der Waals surface area contributed by atoms with Gasteiger partial charge in [-0.25, -0.2) is 0 Å². The van der Waals surface area contributed by atoms with Crippen molar-refractivity contribution in [3.8, 4) is 0 Å². The number of hydrogen-bond acceptors (Lipinski definition) is 22. The Bertz CT molecular complexity index is 1890. The van der Waals surface area contributed by atoms with Crippen LogP contribution in [0.25, 0.3) is 0 Å². The maximum atomic E-state index is 11.8. The van der Waals surface area contributed by atoms with Crippen LogP contribution in [0.3, 0.4) is 0 Å². The van der Waals surface area contributed by atoms with Crippen LogP contribution >= 0.6 is 0 Å². The Kier molecular flexibility index (Phi) is 15.7. The lowest BCUT2D eigenvalue weighted by molar-refractivity contribution is -0.403. The van der Waals surface area contributed by atoms with E-state index in [1.807, 2.05) is 0 Å². The first kappa shape index (κ1) is 54.2. The maximum Gasteiger partial charge on any atom is 0.187 e. The van der Waals surface area contributed by atoms with Crippen LogP contribution in [-0.4, -0.2) is 229 Å². The van der Waals surface area contributed by atoms with E-state index in [1.165, 1.54) is 5.57 Å². The second kappa shape index (κ2) is 20.9. The molecule has 0 amide bonds. The molecule has 6 saturated heterocycles. The number of hydrogen-bond donors (Lipinski definition) is 12. The summed E-state index contributed by atoms with van der Waals surface area (Å²) in [6.07, 6.45) is -22.3. The van der Waals surface area contributed by atoms with Crippen LogP contribution in [0.1, 0.15) is 85.5 Å². The van der Waals surface area contributed by atoms with E-state index >= 15 is 0 Å². The Morgan fingerprint density at radius 2 is 1.24 bits per heavy atom. The van der Waals surface area contributed by atoms with E-state index in [0.29, 0.717) is 48.3 Å². The van der Waals surface area contributed by atoms with E-state index in [-0.39, 0.29) is 16.9 Å². The lowest BCUT2D eigenvalue weighted by atomic mass is 9.47. The van der Waals surface area contributed by atoms with Crippen LogP contribution in [0.15, 0.2) is 11.6 Å². The first-order valence-electron chi connectivity index (χ1n) is 26.4. The summed E-state index contributed by atoms with van der Waals surface area (Å²) < 4.78 is 61.3. The van der Waals surface area contributed by atoms with Gasteiger partial charge < -0.3 is 109 Å². The summed E-state index contributed by atoms with van der Waals surface area (Å²) in [6.45, 7) is 7.28. The number of aliphatic hydroxyl groups is 12. The molecule has 8 unspecified atom stereocenters. The summed E-state index contributed by atoms with van der Waals surface area (Å²) in [4.78, 5) is 0. The lowest BCUT2D eigenvalue weighted by Gasteiger charge is -2.58. The molecule has 22 nitrogen and oxygen atoms in total. The van der Waals surface area contributed by atoms with E-state index < -0.39 is 155 Å². The molecule has 412 valence electrons. The zero-order chi connectivity index (χ0) is 51.3. The fraction of sp³-hybridized carbons (Fsp3) is 0.960. The second-order valence-electron chi connectivity index (χ2n) is 23.5. The van der Waals surface area contributed by atoms with Crippen LogP contribution in [0.2, 0.25) is 0 Å². The highest BCUT2D eigenvalue weighted by molar-refractivity contribution is 5.26. The number of fused-ring (bicyclic) bond motifs is 7. The third kappa shape index (κ3) is 9.18. The zero-order valence-corrected chi connectivity index (χ0v) is 41.5. The molecular formula is C50H80O22. The molecule has 6 heterocycles. The molecule has 9 fully saturated rings. The summed E-state index contributed by atoms with van der Waals surface area (Å²) in [7, 11) is 0. The van der Waals surface area contributed by atoms with Crippen molar-refractivity contribution in [2.24, 2.45) is 46.3 Å². The van der Waals surface area contributed by atoms with Crippen molar-refractivity contribution >= 4 is 0 Å². The quantitative estimate of drug-likeness (QED) is 0.0964. The topological polar surface area (TPSA) is 335 Å². The number of allylic oxidation sites excluding steroid dienone is 1. The average Bonchev–Trinajstić information content (AvgIpc) is 3.82. The Morgan fingerprint density at radius 1 is 0.597 bits per heavy atom. The first-order valence-corrected chi connectivity index (χ1v) is 26.4. The standard InChI is InChI=1S/C50H80O22/c1-20-7-12-50(64-18-20)21(2)32-28(72-50)14-26-24-6-5-22-13-23(8-10-48(22,3)25(24)9-11-49(26,32)4)65-45-40(62)37(59)41(31(17-53)68-45)69-47-43(71-46-39(61)36(58)34(56)29(15-51)66-46)42(35(57)30(16-52)67-47)70-44-38(60)33(55)27(54)19-63-44/h5,20-21,23-47,51-62H,6-19H2,1-4H3/t20?,21?,23-,24?,25?,26?,27+,28?,29+,30+,31+,32?,33-,34+,35+,36-,37+,38+,39+,40+,41-,42-,43+,44-,45+,46-,47-,48-,49-,50?/m0/s1. The third-order valence-corrected chi connectivity index (χ3v) is 19.4. The van der Waals surface area contributed by atoms with Gasteiger partial charge in [-0.1, -0.05) is 39.3 Å². The Balaban J connectivity index is 0.826. The Hall–Kier alpha value is -1.14. The van der Waals surface area contributed by atoms with Gasteiger partial charge in [-0.2, -0.15) is 0 Å². The molecule has 1 spiro atoms.